The summed E-state index contributed by atoms with van der Waals surface area (Å²) < 4.78 is 173. The van der Waals surface area contributed by atoms with E-state index in [1.54, 1.807) is 0 Å². The van der Waals surface area contributed by atoms with Gasteiger partial charge in [-0.25, -0.2) is 0 Å². The van der Waals surface area contributed by atoms with Gasteiger partial charge in [-0.05, 0) is 0 Å². The summed E-state index contributed by atoms with van der Waals surface area (Å²) in [5.41, 5.74) is -16.6. The maximum Gasteiger partial charge on any atom is 0.522 e. The second-order valence-corrected chi connectivity index (χ2v) is 7.00. The van der Waals surface area contributed by atoms with Gasteiger partial charge in [0.25, 0.3) is 0 Å². The van der Waals surface area contributed by atoms with Crippen molar-refractivity contribution in [2.24, 2.45) is 0 Å². The first-order valence-electron chi connectivity index (χ1n) is 3.86. The van der Waals surface area contributed by atoms with Crippen molar-refractivity contribution in [3.05, 3.63) is 0 Å². The van der Waals surface area contributed by atoms with E-state index >= 15 is 0 Å². The molecule has 0 aliphatic heterocycles. The molecule has 0 atom stereocenters. The molecule has 9 nitrogen and oxygen atoms in total. The third-order valence-corrected chi connectivity index (χ3v) is 2.63. The number of alkyl halides is 9. The molecule has 0 rings (SSSR count). The van der Waals surface area contributed by atoms with Crippen LogP contribution < -0.4 is 0 Å². The molecule has 0 bridgehead atoms. The second kappa shape index (κ2) is 10.1. The first kappa shape index (κ1) is 33.1. The van der Waals surface area contributed by atoms with Crippen LogP contribution in [0.5, 0.6) is 0 Å². The van der Waals surface area contributed by atoms with E-state index in [-0.39, 0.29) is 41.7 Å². The van der Waals surface area contributed by atoms with Crippen LogP contribution in [-0.2, 0) is 30.4 Å². The molecular formula is C3H3CeF9O9S3. The van der Waals surface area contributed by atoms with Crippen molar-refractivity contribution < 1.29 is 120 Å². The molecule has 0 heterocycles. The molecule has 3 N–H and O–H groups in total. The molecule has 25 heavy (non-hydrogen) atoms. The summed E-state index contributed by atoms with van der Waals surface area (Å²) in [5.74, 6) is 0. The van der Waals surface area contributed by atoms with Crippen LogP contribution >= 0.6 is 0 Å². The van der Waals surface area contributed by atoms with Crippen molar-refractivity contribution in [1.82, 2.24) is 0 Å². The average molecular weight is 590 g/mol. The number of hydrogen-bond acceptors (Lipinski definition) is 6. The largest absolute Gasteiger partial charge is 0.522 e. The van der Waals surface area contributed by atoms with Gasteiger partial charge < -0.3 is 0 Å². The quantitative estimate of drug-likeness (QED) is 0.214. The van der Waals surface area contributed by atoms with Crippen LogP contribution in [0.25, 0.3) is 0 Å². The van der Waals surface area contributed by atoms with Gasteiger partial charge in [0, 0.05) is 41.7 Å². The summed E-state index contributed by atoms with van der Waals surface area (Å²) >= 11 is 0. The summed E-state index contributed by atoms with van der Waals surface area (Å²) in [6.07, 6.45) is 0. The molecule has 0 aromatic heterocycles. The Kier molecular flexibility index (Phi) is 13.4. The molecule has 154 valence electrons. The van der Waals surface area contributed by atoms with Crippen LogP contribution in [0.2, 0.25) is 0 Å². The van der Waals surface area contributed by atoms with E-state index in [0.717, 1.165) is 0 Å². The molecule has 0 amide bonds. The van der Waals surface area contributed by atoms with E-state index in [1.165, 1.54) is 0 Å². The molecule has 0 unspecified atom stereocenters. The normalized spacial score (nSPS) is 13.4. The molecule has 0 fully saturated rings. The Bertz CT molecular complexity index is 596. The van der Waals surface area contributed by atoms with E-state index in [9.17, 15) is 39.5 Å². The van der Waals surface area contributed by atoms with Crippen molar-refractivity contribution >= 4 is 30.4 Å². The van der Waals surface area contributed by atoms with Crippen molar-refractivity contribution in [3.63, 3.8) is 0 Å². The van der Waals surface area contributed by atoms with Gasteiger partial charge in [0.15, 0.2) is 0 Å². The number of rotatable bonds is 0. The minimum atomic E-state index is -5.84. The number of halogens is 9. The predicted octanol–water partition coefficient (Wildman–Crippen LogP) is 1.18. The fourth-order valence-electron chi connectivity index (χ4n) is 0. The van der Waals surface area contributed by atoms with Crippen LogP contribution in [-0.4, -0.2) is 55.4 Å². The van der Waals surface area contributed by atoms with Gasteiger partial charge in [0.05, 0.1) is 0 Å². The Morgan fingerprint density at radius 3 is 0.480 bits per heavy atom. The van der Waals surface area contributed by atoms with E-state index in [0.29, 0.717) is 0 Å². The van der Waals surface area contributed by atoms with E-state index in [4.69, 9.17) is 38.9 Å². The Morgan fingerprint density at radius 1 is 0.440 bits per heavy atom. The zero-order chi connectivity index (χ0) is 21.0. The van der Waals surface area contributed by atoms with E-state index < -0.39 is 46.9 Å². The second-order valence-electron chi connectivity index (χ2n) is 2.76. The fourth-order valence-corrected chi connectivity index (χ4v) is 0. The smallest absolute Gasteiger partial charge is 0.279 e. The summed E-state index contributed by atoms with van der Waals surface area (Å²) in [7, 11) is -17.5. The summed E-state index contributed by atoms with van der Waals surface area (Å²) in [6.45, 7) is 0. The Morgan fingerprint density at radius 2 is 0.480 bits per heavy atom. The third kappa shape index (κ3) is 16.4. The summed E-state index contributed by atoms with van der Waals surface area (Å²) in [4.78, 5) is 0. The van der Waals surface area contributed by atoms with Crippen LogP contribution in [0, 0.1) is 41.7 Å². The van der Waals surface area contributed by atoms with E-state index in [1.807, 2.05) is 0 Å². The molecule has 0 aromatic rings. The van der Waals surface area contributed by atoms with Crippen LogP contribution in [0.4, 0.5) is 39.5 Å². The van der Waals surface area contributed by atoms with Gasteiger partial charge in [0.1, 0.15) is 0 Å². The Hall–Kier alpha value is 0.477. The average Bonchev–Trinajstić information content (AvgIpc) is 2.08. The fraction of sp³-hybridized carbons (Fsp3) is 1.00. The van der Waals surface area contributed by atoms with Crippen molar-refractivity contribution in [2.75, 3.05) is 0 Å². The van der Waals surface area contributed by atoms with Gasteiger partial charge in [-0.2, -0.15) is 64.8 Å². The third-order valence-electron chi connectivity index (χ3n) is 0.877. The Balaban J connectivity index is -0.000000130. The summed E-state index contributed by atoms with van der Waals surface area (Å²) in [5, 5.41) is 0. The van der Waals surface area contributed by atoms with Crippen molar-refractivity contribution in [2.45, 2.75) is 16.5 Å². The minimum absolute atomic E-state index is 0. The standard InChI is InChI=1S/3CHF3O3S.Ce/c3*2-1(3,4)8(5,6)7;/h3*(H,5,6,7);. The zero-order valence-corrected chi connectivity index (χ0v) is 16.0. The van der Waals surface area contributed by atoms with Crippen LogP contribution in [0.1, 0.15) is 0 Å². The molecule has 0 saturated carbocycles. The van der Waals surface area contributed by atoms with Gasteiger partial charge in [-0.3, -0.25) is 13.7 Å². The molecule has 0 radical (unpaired) electrons. The molecule has 0 spiro atoms. The maximum atomic E-state index is 10.7. The van der Waals surface area contributed by atoms with Gasteiger partial charge in [0.2, 0.25) is 0 Å². The molecule has 0 aromatic carbocycles. The summed E-state index contributed by atoms with van der Waals surface area (Å²) in [6, 6.07) is 0. The zero-order valence-electron chi connectivity index (χ0n) is 10.4. The SMILES string of the molecule is O=S(=O)(O)C(F)(F)F.O=S(=O)(O)C(F)(F)F.O=S(=O)(O)C(F)(F)F.[Ce]. The van der Waals surface area contributed by atoms with Gasteiger partial charge in [-0.15, -0.1) is 0 Å². The van der Waals surface area contributed by atoms with Crippen LogP contribution in [0.15, 0.2) is 0 Å². The predicted molar refractivity (Wildman–Crippen MR) is 52.8 cm³/mol. The maximum absolute atomic E-state index is 10.7. The first-order valence-corrected chi connectivity index (χ1v) is 8.18. The minimum Gasteiger partial charge on any atom is -0.279 e. The Labute approximate surface area is 166 Å². The molecular weight excluding hydrogens is 587 g/mol. The molecule has 0 saturated heterocycles. The number of hydrogen-bond donors (Lipinski definition) is 3. The molecule has 0 aliphatic rings. The van der Waals surface area contributed by atoms with E-state index in [2.05, 4.69) is 0 Å². The molecule has 22 heteroatoms. The van der Waals surface area contributed by atoms with Crippen molar-refractivity contribution in [3.8, 4) is 0 Å². The molecule has 0 aliphatic carbocycles. The topological polar surface area (TPSA) is 163 Å². The van der Waals surface area contributed by atoms with Gasteiger partial charge in [-0.1, -0.05) is 0 Å². The first-order chi connectivity index (χ1) is 9.75. The van der Waals surface area contributed by atoms with Crippen LogP contribution in [0.3, 0.4) is 0 Å². The van der Waals surface area contributed by atoms with Crippen molar-refractivity contribution in [1.29, 1.82) is 0 Å². The van der Waals surface area contributed by atoms with Gasteiger partial charge >= 0.3 is 46.9 Å². The monoisotopic (exact) mass is 590 g/mol.